The first-order valence-electron chi connectivity index (χ1n) is 8.59. The van der Waals surface area contributed by atoms with E-state index in [2.05, 4.69) is 15.9 Å². The molecule has 0 radical (unpaired) electrons. The minimum absolute atomic E-state index is 0.0778. The van der Waals surface area contributed by atoms with Crippen LogP contribution >= 0.6 is 15.9 Å². The average Bonchev–Trinajstić information content (AvgIpc) is 3.00. The zero-order chi connectivity index (χ0) is 19.7. The van der Waals surface area contributed by atoms with Gasteiger partial charge in [-0.15, -0.1) is 0 Å². The van der Waals surface area contributed by atoms with Gasteiger partial charge in [-0.1, -0.05) is 46.3 Å². The Hall–Kier alpha value is -3.17. The lowest BCUT2D eigenvalue weighted by Crippen LogP contribution is -2.23. The summed E-state index contributed by atoms with van der Waals surface area (Å²) in [6, 6.07) is 19.1. The number of para-hydroxylation sites is 1. The Morgan fingerprint density at radius 3 is 2.71 bits per heavy atom. The molecule has 0 aromatic heterocycles. The molecule has 6 heteroatoms. The second-order valence-electron chi connectivity index (χ2n) is 6.41. The first-order valence-corrected chi connectivity index (χ1v) is 9.38. The number of rotatable bonds is 4. The number of benzene rings is 3. The monoisotopic (exact) mass is 436 g/mol. The molecule has 4 rings (SSSR count). The van der Waals surface area contributed by atoms with Gasteiger partial charge in [0, 0.05) is 17.6 Å². The Balaban J connectivity index is 1.65. The van der Waals surface area contributed by atoms with E-state index in [1.807, 2.05) is 36.4 Å². The van der Waals surface area contributed by atoms with Crippen LogP contribution in [0.25, 0.3) is 0 Å². The van der Waals surface area contributed by atoms with E-state index >= 15 is 0 Å². The summed E-state index contributed by atoms with van der Waals surface area (Å²) in [4.78, 5) is 14.7. The molecule has 1 aliphatic heterocycles. The maximum absolute atomic E-state index is 14.2. The van der Waals surface area contributed by atoms with Gasteiger partial charge in [-0.3, -0.25) is 4.79 Å². The SMILES string of the molecule is N#Cc1cccc(F)c1Oc1cccc2c1C(=O)N(Cc1cccc(Br)c1)C2. The molecule has 0 bridgehead atoms. The summed E-state index contributed by atoms with van der Waals surface area (Å²) in [5.41, 5.74) is 2.30. The minimum atomic E-state index is -0.645. The van der Waals surface area contributed by atoms with Crippen LogP contribution in [0.1, 0.15) is 27.0 Å². The van der Waals surface area contributed by atoms with Crippen LogP contribution in [0.2, 0.25) is 0 Å². The maximum Gasteiger partial charge on any atom is 0.258 e. The number of hydrogen-bond acceptors (Lipinski definition) is 3. The molecule has 1 aliphatic rings. The molecule has 0 fully saturated rings. The third-order valence-corrected chi connectivity index (χ3v) is 5.03. The smallest absolute Gasteiger partial charge is 0.258 e. The van der Waals surface area contributed by atoms with Crippen molar-refractivity contribution in [2.24, 2.45) is 0 Å². The highest BCUT2D eigenvalue weighted by Gasteiger charge is 2.31. The van der Waals surface area contributed by atoms with Crippen molar-refractivity contribution in [1.82, 2.24) is 4.90 Å². The van der Waals surface area contributed by atoms with Crippen LogP contribution in [0.5, 0.6) is 11.5 Å². The van der Waals surface area contributed by atoms with Crippen LogP contribution in [0, 0.1) is 17.1 Å². The fourth-order valence-electron chi connectivity index (χ4n) is 3.27. The minimum Gasteiger partial charge on any atom is -0.452 e. The summed E-state index contributed by atoms with van der Waals surface area (Å²) in [5.74, 6) is -0.744. The van der Waals surface area contributed by atoms with E-state index in [4.69, 9.17) is 4.74 Å². The number of ether oxygens (including phenoxy) is 1. The molecule has 0 spiro atoms. The fraction of sp³-hybridized carbons (Fsp3) is 0.0909. The number of nitrogens with zero attached hydrogens (tertiary/aromatic N) is 2. The van der Waals surface area contributed by atoms with Crippen LogP contribution in [0.4, 0.5) is 4.39 Å². The summed E-state index contributed by atoms with van der Waals surface area (Å²) in [6.45, 7) is 0.899. The van der Waals surface area contributed by atoms with Crippen molar-refractivity contribution in [3.63, 3.8) is 0 Å². The Labute approximate surface area is 169 Å². The number of hydrogen-bond donors (Lipinski definition) is 0. The normalized spacial score (nSPS) is 12.6. The molecule has 0 atom stereocenters. The predicted molar refractivity (Wildman–Crippen MR) is 105 cm³/mol. The number of carbonyl (C=O) groups is 1. The highest BCUT2D eigenvalue weighted by atomic mass is 79.9. The lowest BCUT2D eigenvalue weighted by atomic mass is 10.1. The highest BCUT2D eigenvalue weighted by molar-refractivity contribution is 9.10. The zero-order valence-corrected chi connectivity index (χ0v) is 16.2. The molecule has 28 heavy (non-hydrogen) atoms. The fourth-order valence-corrected chi connectivity index (χ4v) is 3.71. The predicted octanol–water partition coefficient (Wildman–Crippen LogP) is 5.41. The van der Waals surface area contributed by atoms with Crippen molar-refractivity contribution >= 4 is 21.8 Å². The number of fused-ring (bicyclic) bond motifs is 1. The molecule has 0 unspecified atom stereocenters. The number of amides is 1. The second-order valence-corrected chi connectivity index (χ2v) is 7.33. The van der Waals surface area contributed by atoms with E-state index in [0.29, 0.717) is 18.7 Å². The van der Waals surface area contributed by atoms with Crippen molar-refractivity contribution in [3.8, 4) is 17.6 Å². The Bertz CT molecular complexity index is 1120. The van der Waals surface area contributed by atoms with Crippen molar-refractivity contribution in [2.45, 2.75) is 13.1 Å². The van der Waals surface area contributed by atoms with Gasteiger partial charge in [0.25, 0.3) is 5.91 Å². The van der Waals surface area contributed by atoms with E-state index in [-0.39, 0.29) is 23.0 Å². The van der Waals surface area contributed by atoms with Gasteiger partial charge < -0.3 is 9.64 Å². The van der Waals surface area contributed by atoms with Crippen molar-refractivity contribution in [1.29, 1.82) is 5.26 Å². The van der Waals surface area contributed by atoms with Crippen molar-refractivity contribution in [2.75, 3.05) is 0 Å². The van der Waals surface area contributed by atoms with Crippen LogP contribution in [0.15, 0.2) is 65.1 Å². The van der Waals surface area contributed by atoms with E-state index in [1.54, 1.807) is 17.0 Å². The number of halogens is 2. The topological polar surface area (TPSA) is 53.3 Å². The van der Waals surface area contributed by atoms with Crippen molar-refractivity contribution < 1.29 is 13.9 Å². The summed E-state index contributed by atoms with van der Waals surface area (Å²) in [7, 11) is 0. The maximum atomic E-state index is 14.2. The molecule has 0 saturated heterocycles. The van der Waals surface area contributed by atoms with E-state index < -0.39 is 5.82 Å². The molecular formula is C22H14BrFN2O2. The molecule has 4 nitrogen and oxygen atoms in total. The molecule has 138 valence electrons. The summed E-state index contributed by atoms with van der Waals surface area (Å²) >= 11 is 3.44. The molecule has 0 saturated carbocycles. The van der Waals surface area contributed by atoms with Gasteiger partial charge in [0.2, 0.25) is 0 Å². The van der Waals surface area contributed by atoms with Crippen LogP contribution in [0.3, 0.4) is 0 Å². The summed E-state index contributed by atoms with van der Waals surface area (Å²) in [5, 5.41) is 9.22. The third-order valence-electron chi connectivity index (χ3n) is 4.54. The molecular weight excluding hydrogens is 423 g/mol. The molecule has 1 heterocycles. The molecule has 1 amide bonds. The van der Waals surface area contributed by atoms with Crippen LogP contribution in [-0.2, 0) is 13.1 Å². The van der Waals surface area contributed by atoms with Gasteiger partial charge in [-0.05, 0) is 41.5 Å². The van der Waals surface area contributed by atoms with Gasteiger partial charge in [-0.2, -0.15) is 5.26 Å². The highest BCUT2D eigenvalue weighted by Crippen LogP contribution is 2.36. The first-order chi connectivity index (χ1) is 13.6. The average molecular weight is 437 g/mol. The van der Waals surface area contributed by atoms with Gasteiger partial charge in [0.1, 0.15) is 11.8 Å². The Morgan fingerprint density at radius 2 is 1.93 bits per heavy atom. The number of carbonyl (C=O) groups excluding carboxylic acids is 1. The summed E-state index contributed by atoms with van der Waals surface area (Å²) < 4.78 is 20.9. The van der Waals surface area contributed by atoms with Gasteiger partial charge in [0.05, 0.1) is 11.1 Å². The van der Waals surface area contributed by atoms with Gasteiger partial charge in [-0.25, -0.2) is 4.39 Å². The van der Waals surface area contributed by atoms with E-state index in [0.717, 1.165) is 15.6 Å². The molecule has 3 aromatic rings. The largest absolute Gasteiger partial charge is 0.452 e. The lowest BCUT2D eigenvalue weighted by Gasteiger charge is -2.16. The summed E-state index contributed by atoms with van der Waals surface area (Å²) in [6.07, 6.45) is 0. The van der Waals surface area contributed by atoms with Gasteiger partial charge in [0.15, 0.2) is 11.6 Å². The van der Waals surface area contributed by atoms with Crippen molar-refractivity contribution in [3.05, 3.63) is 93.2 Å². The van der Waals surface area contributed by atoms with Crippen LogP contribution < -0.4 is 4.74 Å². The van der Waals surface area contributed by atoms with Crippen LogP contribution in [-0.4, -0.2) is 10.8 Å². The zero-order valence-electron chi connectivity index (χ0n) is 14.7. The third kappa shape index (κ3) is 3.37. The lowest BCUT2D eigenvalue weighted by molar-refractivity contribution is 0.0764. The standard InChI is InChI=1S/C22H14BrFN2O2/c23-17-7-1-4-14(10-17)12-26-13-16-6-3-9-19(20(16)22(26)27)28-21-15(11-25)5-2-8-18(21)24/h1-10H,12-13H2. The van der Waals surface area contributed by atoms with E-state index in [9.17, 15) is 14.4 Å². The molecule has 0 N–H and O–H groups in total. The molecule has 0 aliphatic carbocycles. The second kappa shape index (κ2) is 7.45. The molecule has 3 aromatic carbocycles. The first kappa shape index (κ1) is 18.2. The quantitative estimate of drug-likeness (QED) is 0.549. The number of nitriles is 1. The Kier molecular flexibility index (Phi) is 4.84. The van der Waals surface area contributed by atoms with Gasteiger partial charge >= 0.3 is 0 Å². The van der Waals surface area contributed by atoms with E-state index in [1.165, 1.54) is 18.2 Å². The Morgan fingerprint density at radius 1 is 1.14 bits per heavy atom.